The standard InChI is InChI=1S/C11H18N3O3P.C10H16N3O3P.C9H13N3O3P.C7H10ClN2O2P.C7H12N3O2P.C3H5O.CH4.B2.2K.H3N.3H2/c1-4-6-9(15)12-8-7-10(16)13(5-2)11(17)14(8)18-3;1-4-8(14)11-7-6-9(15)12(5-2)10(16)13(7)17-3;1-4-11-8(14)5-7(10-6(2)13)12(16-3)9(11)15;2*1-3-9-6(11)4-5(8)10(13-2)7(9)12;1-3(2)4;;1-2;;;;;;/h7,18H,4-6H2,1-3H3,(H,12,15);6,17H,4-5H2,1-3H3,(H,11,14);5,16H,2,4H2,1,3H3,(H,10,13);4,13H,3H2,1-2H3;4,13H,3,8H2,1-2H3;1H2,2H3;1H4;;;;1H3;3*1H/q;;-1;;;-1;;;2*+1;;;;/i;;;;;;;;;;;2*1+1D;1+1. The molecule has 0 spiro atoms. The van der Waals surface area contributed by atoms with Crippen LogP contribution >= 0.6 is 55.3 Å². The van der Waals surface area contributed by atoms with Crippen molar-refractivity contribution >= 4 is 118 Å². The third-order valence-electron chi connectivity index (χ3n) is 10.2. The van der Waals surface area contributed by atoms with Gasteiger partial charge < -0.3 is 51.3 Å². The molecule has 5 atom stereocenters. The fourth-order valence-corrected chi connectivity index (χ4v) is 10.2. The molecular weight excluding hydrogens is 1300 g/mol. The quantitative estimate of drug-likeness (QED) is 0.0281. The van der Waals surface area contributed by atoms with Crippen molar-refractivity contribution < 1.29 is 129 Å². The molecule has 0 fully saturated rings. The van der Waals surface area contributed by atoms with Crippen LogP contribution in [0.2, 0.25) is 5.15 Å². The molecule has 87 heavy (non-hydrogen) atoms. The van der Waals surface area contributed by atoms with Gasteiger partial charge in [0.05, 0.1) is 5.91 Å². The Morgan fingerprint density at radius 2 is 0.759 bits per heavy atom. The van der Waals surface area contributed by atoms with Gasteiger partial charge in [0.2, 0.25) is 11.8 Å². The Hall–Kier alpha value is -3.18. The zero-order valence-electron chi connectivity index (χ0n) is 55.5. The molecule has 39 heteroatoms. The molecule has 8 N–H and O–H groups in total. The molecule has 29 nitrogen and oxygen atoms in total. The number of halogens is 1. The molecule has 0 aliphatic rings. The van der Waals surface area contributed by atoms with E-state index in [4.69, 9.17) is 23.3 Å². The summed E-state index contributed by atoms with van der Waals surface area (Å²) in [7, 11) is 8.91. The van der Waals surface area contributed by atoms with Crippen molar-refractivity contribution in [2.45, 2.75) is 115 Å². The molecule has 478 valence electrons. The molecular formula is C48H87B2ClK2N15O14P5. The van der Waals surface area contributed by atoms with Crippen LogP contribution in [-0.4, -0.2) is 117 Å². The fraction of sp³-hybridized carbons (Fsp3) is 0.458. The van der Waals surface area contributed by atoms with Crippen LogP contribution < -0.4 is 187 Å². The average Bonchev–Trinajstić information content (AvgIpc) is 1.30. The van der Waals surface area contributed by atoms with Gasteiger partial charge in [-0.2, -0.15) is 0 Å². The molecule has 5 aromatic rings. The maximum Gasteiger partial charge on any atom is 1.00 e. The number of nitrogens with one attached hydrogen (secondary N) is 3. The van der Waals surface area contributed by atoms with Gasteiger partial charge in [-0.25, -0.2) is 24.0 Å². The van der Waals surface area contributed by atoms with E-state index in [0.29, 0.717) is 45.6 Å². The number of hydrogen-bond donors (Lipinski definition) is 5. The Morgan fingerprint density at radius 3 is 1.02 bits per heavy atom. The number of amides is 3. The maximum atomic E-state index is 12.0. The molecule has 0 bridgehead atoms. The summed E-state index contributed by atoms with van der Waals surface area (Å²) in [5, 5.41) is 7.75. The second-order valence-electron chi connectivity index (χ2n) is 15.7. The first-order valence-corrected chi connectivity index (χ1v) is 32.7. The fourth-order valence-electron chi connectivity index (χ4n) is 6.49. The average molecular weight is 1390 g/mol. The van der Waals surface area contributed by atoms with E-state index < -0.39 is 22.7 Å². The van der Waals surface area contributed by atoms with Crippen LogP contribution in [-0.2, 0) is 51.9 Å². The number of carbonyl (C=O) groups excluding carboxylic acids is 4. The second kappa shape index (κ2) is 50.5. The third-order valence-corrected chi connectivity index (χ3v) is 15.1. The third kappa shape index (κ3) is 30.2. The van der Waals surface area contributed by atoms with Gasteiger partial charge in [-0.3, -0.25) is 78.1 Å². The number of Topliss-reactive ketones (excluding diaryl/α,β-unsaturated/α-hetero) is 1. The van der Waals surface area contributed by atoms with Crippen molar-refractivity contribution in [2.24, 2.45) is 0 Å². The van der Waals surface area contributed by atoms with Gasteiger partial charge in [-0.1, -0.05) is 32.9 Å². The van der Waals surface area contributed by atoms with Crippen molar-refractivity contribution in [3.63, 3.8) is 0 Å². The monoisotopic (exact) mass is 1390 g/mol. The van der Waals surface area contributed by atoms with E-state index in [1.54, 1.807) is 48.2 Å². The summed E-state index contributed by atoms with van der Waals surface area (Å²) in [4.78, 5) is 159. The summed E-state index contributed by atoms with van der Waals surface area (Å²) in [5.74, 6) is -0.0462. The van der Waals surface area contributed by atoms with Gasteiger partial charge in [0.25, 0.3) is 27.8 Å². The van der Waals surface area contributed by atoms with Gasteiger partial charge >= 0.3 is 131 Å². The maximum absolute atomic E-state index is 12.0. The Kier molecular flexibility index (Phi) is 52.3. The summed E-state index contributed by atoms with van der Waals surface area (Å²) < 4.78 is 32.6. The number of nitrogens with two attached hydrogens (primary N) is 1. The Bertz CT molecular complexity index is 3590. The van der Waals surface area contributed by atoms with E-state index in [1.165, 1.54) is 58.9 Å². The molecule has 5 rings (SSSR count). The van der Waals surface area contributed by atoms with Crippen LogP contribution in [0.4, 0.5) is 23.3 Å². The topological polar surface area (TPSA) is 385 Å². The molecule has 0 aromatic carbocycles. The molecule has 0 saturated heterocycles. The van der Waals surface area contributed by atoms with E-state index in [9.17, 15) is 67.1 Å². The zero-order valence-corrected chi connectivity index (χ0v) is 63.5. The number of aromatic nitrogens is 10. The van der Waals surface area contributed by atoms with Gasteiger partial charge in [-0.05, 0) is 131 Å². The van der Waals surface area contributed by atoms with Gasteiger partial charge in [-0.15, -0.1) is 0 Å². The normalized spacial score (nSPS) is 10.3. The molecule has 0 aliphatic heterocycles. The van der Waals surface area contributed by atoms with Crippen LogP contribution in [0.25, 0.3) is 0 Å². The molecule has 5 aromatic heterocycles. The van der Waals surface area contributed by atoms with E-state index in [-0.39, 0.29) is 247 Å². The van der Waals surface area contributed by atoms with Crippen LogP contribution in [0.1, 0.15) is 89.4 Å². The number of anilines is 4. The van der Waals surface area contributed by atoms with Crippen LogP contribution in [0.5, 0.6) is 0 Å². The number of hydrogen-bond acceptors (Lipinski definition) is 16. The first-order valence-electron chi connectivity index (χ1n) is 27.1. The van der Waals surface area contributed by atoms with Gasteiger partial charge in [0.1, 0.15) is 28.4 Å². The molecule has 5 heterocycles. The summed E-state index contributed by atoms with van der Waals surface area (Å²) >= 11 is 5.72. The van der Waals surface area contributed by atoms with Crippen LogP contribution in [0.3, 0.4) is 0 Å². The van der Waals surface area contributed by atoms with Gasteiger partial charge in [0, 0.05) is 98.7 Å². The first-order chi connectivity index (χ1) is 41.1. The smallest absolute Gasteiger partial charge is 0.385 e. The van der Waals surface area contributed by atoms with Crippen LogP contribution in [0.15, 0.2) is 78.3 Å². The van der Waals surface area contributed by atoms with E-state index >= 15 is 0 Å². The predicted molar refractivity (Wildman–Crippen MR) is 363 cm³/mol. The first kappa shape index (κ1) is 90.2. The van der Waals surface area contributed by atoms with Crippen molar-refractivity contribution in [1.29, 1.82) is 0 Å². The van der Waals surface area contributed by atoms with Crippen molar-refractivity contribution in [1.82, 2.24) is 50.7 Å². The summed E-state index contributed by atoms with van der Waals surface area (Å²) in [6.07, 6.45) is 1.40. The molecule has 4 radical (unpaired) electrons. The summed E-state index contributed by atoms with van der Waals surface area (Å²) in [5.41, 5.74) is 1.80. The minimum atomic E-state index is -0.556. The molecule has 3 amide bonds. The summed E-state index contributed by atoms with van der Waals surface area (Å²) in [6, 6.07) is 6.36. The van der Waals surface area contributed by atoms with E-state index in [1.807, 2.05) is 33.6 Å². The molecule has 0 aliphatic carbocycles. The SMILES string of the molecule is C.CCC(=O)Nc1cc(=O)n(CC)c(=O)n1PC.CCCC(=O)Nc1cc(=O)n(CC)c(=O)n1PC.CCn1c(=O)cc(Cl)n(PC)c1=O.CCn1c(=O)cc(N)n(PC)c1=O.N.[2HH].[2H][2H].[2H][2H].[B][B].[CH2-]C(=O)Nc1cc(=O)n(CC)c(=O)n1PC.[CH2-]C(C)=O.[K+].[K+]. The molecule has 5 unspecified atom stereocenters. The largest absolute Gasteiger partial charge is 1.00 e. The number of nitrogen functional groups attached to an aromatic ring is 1. The Balaban J connectivity index is -0.000000128. The van der Waals surface area contributed by atoms with E-state index in [2.05, 4.69) is 45.3 Å². The minimum Gasteiger partial charge on any atom is -0.385 e. The van der Waals surface area contributed by atoms with Gasteiger partial charge in [0.15, 0.2) is 0 Å². The zero-order chi connectivity index (χ0) is 68.6. The van der Waals surface area contributed by atoms with E-state index in [0.717, 1.165) is 29.3 Å². The minimum absolute atomic E-state index is 0. The Labute approximate surface area is 614 Å². The second-order valence-corrected chi connectivity index (χ2v) is 20.6. The number of ketones is 1. The summed E-state index contributed by atoms with van der Waals surface area (Å²) in [6.45, 7) is 30.6. The Morgan fingerprint density at radius 1 is 0.506 bits per heavy atom. The number of rotatable bonds is 16. The van der Waals surface area contributed by atoms with Crippen molar-refractivity contribution in [2.75, 3.05) is 55.0 Å². The predicted octanol–water partition coefficient (Wildman–Crippen LogP) is -3.21. The number of nitrogens with zero attached hydrogens (tertiary/aromatic N) is 10. The van der Waals surface area contributed by atoms with Crippen molar-refractivity contribution in [3.05, 3.63) is 154 Å². The number of carbonyl (C=O) groups is 4. The van der Waals surface area contributed by atoms with Crippen molar-refractivity contribution in [3.8, 4) is 0 Å². The van der Waals surface area contributed by atoms with Crippen LogP contribution in [0, 0.1) is 13.8 Å². The molecule has 0 saturated carbocycles.